The van der Waals surface area contributed by atoms with Gasteiger partial charge in [-0.25, -0.2) is 0 Å². The van der Waals surface area contributed by atoms with Crippen LogP contribution < -0.4 is 0 Å². The van der Waals surface area contributed by atoms with Gasteiger partial charge in [-0.3, -0.25) is 4.98 Å². The predicted molar refractivity (Wildman–Crippen MR) is 93.8 cm³/mol. The Kier molecular flexibility index (Phi) is 4.30. The molecule has 0 atom stereocenters. The summed E-state index contributed by atoms with van der Waals surface area (Å²) in [4.78, 5) is 5.81. The number of rotatable bonds is 2. The van der Waals surface area contributed by atoms with Crippen LogP contribution in [0.15, 0.2) is 30.5 Å². The zero-order valence-corrected chi connectivity index (χ0v) is 14.2. The highest BCUT2D eigenvalue weighted by Gasteiger charge is 2.22. The summed E-state index contributed by atoms with van der Waals surface area (Å²) >= 11 is 14.5. The van der Waals surface area contributed by atoms with Crippen LogP contribution in [-0.2, 0) is 5.75 Å². The van der Waals surface area contributed by atoms with Crippen LogP contribution in [0.4, 0.5) is 0 Å². The number of halogens is 2. The van der Waals surface area contributed by atoms with Gasteiger partial charge in [0.25, 0.3) is 0 Å². The Balaban J connectivity index is 2.22. The van der Waals surface area contributed by atoms with Crippen molar-refractivity contribution >= 4 is 45.4 Å². The van der Waals surface area contributed by atoms with E-state index in [9.17, 15) is 0 Å². The maximum Gasteiger partial charge on any atom is 0.0713 e. The van der Waals surface area contributed by atoms with E-state index < -0.39 is 0 Å². The fourth-order valence-corrected chi connectivity index (χ4v) is 4.37. The van der Waals surface area contributed by atoms with Crippen molar-refractivity contribution < 1.29 is 0 Å². The van der Waals surface area contributed by atoms with Gasteiger partial charge in [-0.2, -0.15) is 0 Å². The summed E-state index contributed by atoms with van der Waals surface area (Å²) in [5, 5.41) is 1.46. The molecular weight excluding hydrogens is 321 g/mol. The molecule has 1 aromatic heterocycles. The quantitative estimate of drug-likeness (QED) is 0.645. The van der Waals surface area contributed by atoms with E-state index in [0.717, 1.165) is 34.0 Å². The Morgan fingerprint density at radius 1 is 1.24 bits per heavy atom. The first-order valence-electron chi connectivity index (χ1n) is 6.88. The van der Waals surface area contributed by atoms with Gasteiger partial charge in [-0.15, -0.1) is 11.8 Å². The molecule has 0 radical (unpaired) electrons. The van der Waals surface area contributed by atoms with E-state index in [2.05, 4.69) is 18.0 Å². The molecule has 0 bridgehead atoms. The molecule has 4 heteroatoms. The van der Waals surface area contributed by atoms with Crippen LogP contribution >= 0.6 is 35.0 Å². The van der Waals surface area contributed by atoms with Gasteiger partial charge in [-0.05, 0) is 42.2 Å². The summed E-state index contributed by atoms with van der Waals surface area (Å²) < 4.78 is 0. The van der Waals surface area contributed by atoms with Crippen LogP contribution in [0.3, 0.4) is 0 Å². The van der Waals surface area contributed by atoms with E-state index in [4.69, 9.17) is 23.2 Å². The molecule has 0 fully saturated rings. The summed E-state index contributed by atoms with van der Waals surface area (Å²) in [5.41, 5.74) is 5.68. The zero-order valence-electron chi connectivity index (χ0n) is 11.9. The second-order valence-electron chi connectivity index (χ2n) is 4.99. The first kappa shape index (κ1) is 15.0. The average molecular weight is 336 g/mol. The number of hydrogen-bond donors (Lipinski definition) is 0. The van der Waals surface area contributed by atoms with Crippen LogP contribution in [0.5, 0.6) is 0 Å². The molecule has 0 aliphatic carbocycles. The maximum absolute atomic E-state index is 6.53. The van der Waals surface area contributed by atoms with Crippen LogP contribution in [0.2, 0.25) is 10.0 Å². The minimum Gasteiger partial charge on any atom is -0.256 e. The minimum absolute atomic E-state index is 0.710. The molecule has 1 aliphatic rings. The van der Waals surface area contributed by atoms with Crippen molar-refractivity contribution in [2.45, 2.75) is 26.0 Å². The van der Waals surface area contributed by atoms with Gasteiger partial charge in [0.1, 0.15) is 0 Å². The smallest absolute Gasteiger partial charge is 0.0713 e. The first-order chi connectivity index (χ1) is 10.1. The highest BCUT2D eigenvalue weighted by Crippen LogP contribution is 2.46. The second kappa shape index (κ2) is 6.04. The third-order valence-electron chi connectivity index (χ3n) is 3.74. The summed E-state index contributed by atoms with van der Waals surface area (Å²) in [6.45, 7) is 4.12. The Bertz CT molecular complexity index is 738. The molecule has 108 valence electrons. The van der Waals surface area contributed by atoms with Crippen molar-refractivity contribution in [3.8, 4) is 0 Å². The first-order valence-corrected chi connectivity index (χ1v) is 8.62. The maximum atomic E-state index is 6.53. The summed E-state index contributed by atoms with van der Waals surface area (Å²) in [5.74, 6) is 0.931. The highest BCUT2D eigenvalue weighted by molar-refractivity contribution is 8.08. The molecule has 0 spiro atoms. The molecule has 21 heavy (non-hydrogen) atoms. The predicted octanol–water partition coefficient (Wildman–Crippen LogP) is 6.22. The molecule has 1 nitrogen and oxygen atoms in total. The molecule has 0 amide bonds. The summed E-state index contributed by atoms with van der Waals surface area (Å²) in [6.07, 6.45) is 2.79. The van der Waals surface area contributed by atoms with Gasteiger partial charge in [0, 0.05) is 27.4 Å². The van der Waals surface area contributed by atoms with Gasteiger partial charge in [0.05, 0.1) is 10.7 Å². The van der Waals surface area contributed by atoms with Crippen LogP contribution in [0, 0.1) is 6.92 Å². The van der Waals surface area contributed by atoms with Crippen molar-refractivity contribution in [3.63, 3.8) is 0 Å². The lowest BCUT2D eigenvalue weighted by atomic mass is 10.00. The SMILES string of the molecule is CCC1=C(c2ccc(Cl)c(C)c2Cl)SCc2cccnc21. The van der Waals surface area contributed by atoms with Gasteiger partial charge in [0.2, 0.25) is 0 Å². The van der Waals surface area contributed by atoms with Gasteiger partial charge in [-0.1, -0.05) is 42.3 Å². The standard InChI is InChI=1S/C17H15Cl2NS/c1-3-12-16-11(5-4-8-20-16)9-21-17(12)13-6-7-14(18)10(2)15(13)19/h4-8H,3,9H2,1-2H3. The Morgan fingerprint density at radius 2 is 2.05 bits per heavy atom. The number of pyridine rings is 1. The minimum atomic E-state index is 0.710. The fraction of sp³-hybridized carbons (Fsp3) is 0.235. The molecular formula is C17H15Cl2NS. The van der Waals surface area contributed by atoms with E-state index in [1.807, 2.05) is 43.1 Å². The molecule has 0 saturated carbocycles. The van der Waals surface area contributed by atoms with E-state index in [0.29, 0.717) is 5.02 Å². The van der Waals surface area contributed by atoms with Crippen molar-refractivity contribution in [2.24, 2.45) is 0 Å². The normalized spacial score (nSPS) is 14.3. The van der Waals surface area contributed by atoms with Crippen molar-refractivity contribution in [1.29, 1.82) is 0 Å². The summed E-state index contributed by atoms with van der Waals surface area (Å²) in [7, 11) is 0. The fourth-order valence-electron chi connectivity index (χ4n) is 2.58. The van der Waals surface area contributed by atoms with E-state index >= 15 is 0 Å². The van der Waals surface area contributed by atoms with E-state index in [1.165, 1.54) is 16.0 Å². The van der Waals surface area contributed by atoms with Crippen LogP contribution in [0.25, 0.3) is 10.5 Å². The number of nitrogens with zero attached hydrogens (tertiary/aromatic N) is 1. The van der Waals surface area contributed by atoms with Gasteiger partial charge in [0.15, 0.2) is 0 Å². The molecule has 1 aromatic carbocycles. The Labute approximate surface area is 139 Å². The van der Waals surface area contributed by atoms with Crippen LogP contribution in [-0.4, -0.2) is 4.98 Å². The van der Waals surface area contributed by atoms with Crippen molar-refractivity contribution in [3.05, 3.63) is 62.9 Å². The second-order valence-corrected chi connectivity index (χ2v) is 6.77. The van der Waals surface area contributed by atoms with Crippen molar-refractivity contribution in [1.82, 2.24) is 4.98 Å². The number of allylic oxidation sites excluding steroid dienone is 1. The average Bonchev–Trinajstić information content (AvgIpc) is 2.52. The number of benzene rings is 1. The largest absolute Gasteiger partial charge is 0.256 e. The summed E-state index contributed by atoms with van der Waals surface area (Å²) in [6, 6.07) is 8.09. The number of fused-ring (bicyclic) bond motifs is 1. The Morgan fingerprint density at radius 3 is 2.81 bits per heavy atom. The molecule has 1 aliphatic heterocycles. The number of hydrogen-bond acceptors (Lipinski definition) is 2. The Hall–Kier alpha value is -0.960. The molecule has 2 aromatic rings. The van der Waals surface area contributed by atoms with Gasteiger partial charge >= 0.3 is 0 Å². The lowest BCUT2D eigenvalue weighted by Crippen LogP contribution is -2.03. The molecule has 0 saturated heterocycles. The molecule has 2 heterocycles. The zero-order chi connectivity index (χ0) is 15.0. The lowest BCUT2D eigenvalue weighted by Gasteiger charge is -2.23. The highest BCUT2D eigenvalue weighted by atomic mass is 35.5. The third kappa shape index (κ3) is 2.61. The van der Waals surface area contributed by atoms with E-state index in [1.54, 1.807) is 0 Å². The number of aromatic nitrogens is 1. The lowest BCUT2D eigenvalue weighted by molar-refractivity contribution is 1.14. The monoisotopic (exact) mass is 335 g/mol. The molecule has 0 unspecified atom stereocenters. The molecule has 3 rings (SSSR count). The van der Waals surface area contributed by atoms with Gasteiger partial charge < -0.3 is 0 Å². The molecule has 0 N–H and O–H groups in total. The van der Waals surface area contributed by atoms with Crippen molar-refractivity contribution in [2.75, 3.05) is 0 Å². The number of thioether (sulfide) groups is 1. The topological polar surface area (TPSA) is 12.9 Å². The van der Waals surface area contributed by atoms with E-state index in [-0.39, 0.29) is 0 Å². The van der Waals surface area contributed by atoms with Crippen LogP contribution in [0.1, 0.15) is 35.7 Å². The third-order valence-corrected chi connectivity index (χ3v) is 5.85.